The molecule has 0 atom stereocenters. The summed E-state index contributed by atoms with van der Waals surface area (Å²) in [6, 6.07) is 10.8. The van der Waals surface area contributed by atoms with E-state index in [9.17, 15) is 4.39 Å². The molecule has 0 saturated heterocycles. The molecule has 0 heterocycles. The standard InChI is InChI=1S/C13H7Cl2FN2/c14-9-2-1-8(7-17)13(5-9)18-12-4-3-10(16)6-11(12)15/h1-6,18H. The van der Waals surface area contributed by atoms with Gasteiger partial charge < -0.3 is 5.32 Å². The Kier molecular flexibility index (Phi) is 3.71. The molecule has 5 heteroatoms. The molecule has 2 rings (SSSR count). The summed E-state index contributed by atoms with van der Waals surface area (Å²) in [5.74, 6) is -0.419. The Morgan fingerprint density at radius 1 is 1.06 bits per heavy atom. The quantitative estimate of drug-likeness (QED) is 0.862. The molecule has 0 radical (unpaired) electrons. The largest absolute Gasteiger partial charge is 0.353 e. The first-order chi connectivity index (χ1) is 8.60. The zero-order chi connectivity index (χ0) is 13.1. The number of hydrogen-bond acceptors (Lipinski definition) is 2. The van der Waals surface area contributed by atoms with Gasteiger partial charge in [-0.2, -0.15) is 5.26 Å². The highest BCUT2D eigenvalue weighted by Crippen LogP contribution is 2.29. The van der Waals surface area contributed by atoms with Gasteiger partial charge in [0.25, 0.3) is 0 Å². The predicted octanol–water partition coefficient (Wildman–Crippen LogP) is 4.75. The second-order valence-electron chi connectivity index (χ2n) is 3.55. The smallest absolute Gasteiger partial charge is 0.124 e. The zero-order valence-electron chi connectivity index (χ0n) is 9.05. The van der Waals surface area contributed by atoms with Crippen molar-refractivity contribution >= 4 is 34.6 Å². The van der Waals surface area contributed by atoms with E-state index >= 15 is 0 Å². The number of benzene rings is 2. The lowest BCUT2D eigenvalue weighted by atomic mass is 10.2. The van der Waals surface area contributed by atoms with E-state index < -0.39 is 5.82 Å². The number of hydrogen-bond donors (Lipinski definition) is 1. The first-order valence-corrected chi connectivity index (χ1v) is 5.77. The minimum Gasteiger partial charge on any atom is -0.353 e. The summed E-state index contributed by atoms with van der Waals surface area (Å²) in [6.07, 6.45) is 0. The minimum atomic E-state index is -0.419. The van der Waals surface area contributed by atoms with Gasteiger partial charge in [-0.1, -0.05) is 23.2 Å². The lowest BCUT2D eigenvalue weighted by molar-refractivity contribution is 0.628. The van der Waals surface area contributed by atoms with Crippen LogP contribution in [0.3, 0.4) is 0 Å². The van der Waals surface area contributed by atoms with E-state index in [1.54, 1.807) is 18.2 Å². The summed E-state index contributed by atoms with van der Waals surface area (Å²) in [5.41, 5.74) is 1.47. The summed E-state index contributed by atoms with van der Waals surface area (Å²) in [6.45, 7) is 0. The molecule has 2 nitrogen and oxygen atoms in total. The van der Waals surface area contributed by atoms with E-state index in [1.807, 2.05) is 6.07 Å². The third kappa shape index (κ3) is 2.73. The van der Waals surface area contributed by atoms with Gasteiger partial charge in [0.05, 0.1) is 22.0 Å². The molecule has 90 valence electrons. The van der Waals surface area contributed by atoms with Crippen molar-refractivity contribution in [2.75, 3.05) is 5.32 Å². The van der Waals surface area contributed by atoms with Crippen LogP contribution in [0.2, 0.25) is 10.0 Å². The van der Waals surface area contributed by atoms with Crippen LogP contribution in [0.1, 0.15) is 5.56 Å². The first kappa shape index (κ1) is 12.7. The van der Waals surface area contributed by atoms with Gasteiger partial charge in [0, 0.05) is 5.02 Å². The number of rotatable bonds is 2. The lowest BCUT2D eigenvalue weighted by Crippen LogP contribution is -1.94. The van der Waals surface area contributed by atoms with E-state index in [4.69, 9.17) is 28.5 Å². The normalized spacial score (nSPS) is 9.89. The Hall–Kier alpha value is -1.76. The number of halogens is 3. The molecule has 0 aliphatic rings. The van der Waals surface area contributed by atoms with E-state index in [-0.39, 0.29) is 5.02 Å². The van der Waals surface area contributed by atoms with Crippen LogP contribution in [0, 0.1) is 17.1 Å². The van der Waals surface area contributed by atoms with Gasteiger partial charge in [0.2, 0.25) is 0 Å². The van der Waals surface area contributed by atoms with Gasteiger partial charge in [-0.3, -0.25) is 0 Å². The highest BCUT2D eigenvalue weighted by molar-refractivity contribution is 6.33. The van der Waals surface area contributed by atoms with Crippen LogP contribution in [0.4, 0.5) is 15.8 Å². The maximum absolute atomic E-state index is 12.9. The lowest BCUT2D eigenvalue weighted by Gasteiger charge is -2.10. The average Bonchev–Trinajstić information content (AvgIpc) is 2.33. The van der Waals surface area contributed by atoms with Gasteiger partial charge in [0.15, 0.2) is 0 Å². The van der Waals surface area contributed by atoms with E-state index in [0.717, 1.165) is 0 Å². The molecule has 0 aliphatic carbocycles. The van der Waals surface area contributed by atoms with Gasteiger partial charge >= 0.3 is 0 Å². The molecular formula is C13H7Cl2FN2. The van der Waals surface area contributed by atoms with Crippen molar-refractivity contribution in [1.29, 1.82) is 5.26 Å². The number of anilines is 2. The summed E-state index contributed by atoms with van der Waals surface area (Å²) in [7, 11) is 0. The van der Waals surface area contributed by atoms with Crippen molar-refractivity contribution in [2.24, 2.45) is 0 Å². The number of nitriles is 1. The molecule has 0 unspecified atom stereocenters. The predicted molar refractivity (Wildman–Crippen MR) is 70.9 cm³/mol. The van der Waals surface area contributed by atoms with Crippen molar-refractivity contribution in [2.45, 2.75) is 0 Å². The fourth-order valence-corrected chi connectivity index (χ4v) is 1.84. The molecule has 18 heavy (non-hydrogen) atoms. The molecule has 0 saturated carbocycles. The Labute approximate surface area is 114 Å². The van der Waals surface area contributed by atoms with Crippen LogP contribution in [-0.4, -0.2) is 0 Å². The van der Waals surface area contributed by atoms with Crippen LogP contribution in [0.25, 0.3) is 0 Å². The second kappa shape index (κ2) is 5.26. The molecule has 0 bridgehead atoms. The van der Waals surface area contributed by atoms with Crippen molar-refractivity contribution in [3.05, 3.63) is 57.8 Å². The van der Waals surface area contributed by atoms with Gasteiger partial charge in [-0.25, -0.2) is 4.39 Å². The molecule has 2 aromatic carbocycles. The van der Waals surface area contributed by atoms with Crippen LogP contribution in [0.15, 0.2) is 36.4 Å². The van der Waals surface area contributed by atoms with Crippen LogP contribution in [-0.2, 0) is 0 Å². The summed E-state index contributed by atoms with van der Waals surface area (Å²) in [4.78, 5) is 0. The zero-order valence-corrected chi connectivity index (χ0v) is 10.6. The van der Waals surface area contributed by atoms with E-state index in [1.165, 1.54) is 18.2 Å². The number of nitrogens with zero attached hydrogens (tertiary/aromatic N) is 1. The summed E-state index contributed by atoms with van der Waals surface area (Å²) in [5, 5.41) is 12.7. The average molecular weight is 281 g/mol. The summed E-state index contributed by atoms with van der Waals surface area (Å²) < 4.78 is 12.9. The highest BCUT2D eigenvalue weighted by atomic mass is 35.5. The minimum absolute atomic E-state index is 0.235. The Bertz CT molecular complexity index is 635. The highest BCUT2D eigenvalue weighted by Gasteiger charge is 2.06. The Balaban J connectivity index is 2.40. The first-order valence-electron chi connectivity index (χ1n) is 5.02. The third-order valence-corrected chi connectivity index (χ3v) is 2.85. The van der Waals surface area contributed by atoms with Gasteiger partial charge in [0.1, 0.15) is 11.9 Å². The number of nitrogens with one attached hydrogen (secondary N) is 1. The fourth-order valence-electron chi connectivity index (χ4n) is 1.45. The van der Waals surface area contributed by atoms with Crippen LogP contribution >= 0.6 is 23.2 Å². The van der Waals surface area contributed by atoms with Crippen molar-refractivity contribution in [3.63, 3.8) is 0 Å². The van der Waals surface area contributed by atoms with Crippen molar-refractivity contribution in [3.8, 4) is 6.07 Å². The van der Waals surface area contributed by atoms with E-state index in [0.29, 0.717) is 22.0 Å². The SMILES string of the molecule is N#Cc1ccc(Cl)cc1Nc1ccc(F)cc1Cl. The third-order valence-electron chi connectivity index (χ3n) is 2.30. The molecule has 0 aromatic heterocycles. The summed E-state index contributed by atoms with van der Waals surface area (Å²) >= 11 is 11.8. The molecule has 0 aliphatic heterocycles. The van der Waals surface area contributed by atoms with Gasteiger partial charge in [-0.15, -0.1) is 0 Å². The molecular weight excluding hydrogens is 274 g/mol. The van der Waals surface area contributed by atoms with Crippen LogP contribution in [0.5, 0.6) is 0 Å². The van der Waals surface area contributed by atoms with Crippen molar-refractivity contribution in [1.82, 2.24) is 0 Å². The molecule has 0 spiro atoms. The van der Waals surface area contributed by atoms with Gasteiger partial charge in [-0.05, 0) is 36.4 Å². The monoisotopic (exact) mass is 280 g/mol. The molecule has 0 amide bonds. The topological polar surface area (TPSA) is 35.8 Å². The molecule has 2 aromatic rings. The van der Waals surface area contributed by atoms with Crippen molar-refractivity contribution < 1.29 is 4.39 Å². The van der Waals surface area contributed by atoms with E-state index in [2.05, 4.69) is 5.32 Å². The second-order valence-corrected chi connectivity index (χ2v) is 4.39. The Morgan fingerprint density at radius 3 is 2.50 bits per heavy atom. The van der Waals surface area contributed by atoms with Crippen LogP contribution < -0.4 is 5.32 Å². The Morgan fingerprint density at radius 2 is 1.83 bits per heavy atom. The fraction of sp³-hybridized carbons (Fsp3) is 0. The molecule has 1 N–H and O–H groups in total. The molecule has 0 fully saturated rings. The maximum atomic E-state index is 12.9. The maximum Gasteiger partial charge on any atom is 0.124 e.